The lowest BCUT2D eigenvalue weighted by Crippen LogP contribution is -2.26. The highest BCUT2D eigenvalue weighted by Gasteiger charge is 2.27. The van der Waals surface area contributed by atoms with Crippen LogP contribution in [0.4, 0.5) is 0 Å². The van der Waals surface area contributed by atoms with Gasteiger partial charge in [0.05, 0.1) is 18.7 Å². The van der Waals surface area contributed by atoms with Crippen molar-refractivity contribution in [2.75, 3.05) is 0 Å². The molecule has 21 heavy (non-hydrogen) atoms. The van der Waals surface area contributed by atoms with Crippen molar-refractivity contribution in [3.63, 3.8) is 0 Å². The average Bonchev–Trinajstić information content (AvgIpc) is 3.04. The minimum Gasteiger partial charge on any atom is -0.332 e. The Bertz CT molecular complexity index is 659. The Morgan fingerprint density at radius 1 is 1.38 bits per heavy atom. The van der Waals surface area contributed by atoms with Crippen LogP contribution in [0.5, 0.6) is 0 Å². The number of carbonyl (C=O) groups is 1. The fourth-order valence-electron chi connectivity index (χ4n) is 2.37. The van der Waals surface area contributed by atoms with E-state index < -0.39 is 0 Å². The monoisotopic (exact) mass is 301 g/mol. The summed E-state index contributed by atoms with van der Waals surface area (Å²) in [5.41, 5.74) is 2.00. The third kappa shape index (κ3) is 2.97. The topological polar surface area (TPSA) is 46.1 Å². The maximum absolute atomic E-state index is 12.3. The zero-order valence-electron chi connectivity index (χ0n) is 12.6. The molecule has 0 aromatic carbocycles. The first-order valence-electron chi connectivity index (χ1n) is 7.09. The first-order valence-corrected chi connectivity index (χ1v) is 7.97. The normalized spacial score (nSPS) is 14.3. The Morgan fingerprint density at radius 3 is 2.86 bits per heavy atom. The molecule has 0 spiro atoms. The molecule has 0 radical (unpaired) electrons. The maximum atomic E-state index is 12.3. The summed E-state index contributed by atoms with van der Waals surface area (Å²) in [5.74, 6) is 1.00. The van der Waals surface area contributed by atoms with E-state index in [4.69, 9.17) is 0 Å². The molecule has 1 aliphatic rings. The van der Waals surface area contributed by atoms with Crippen molar-refractivity contribution in [3.8, 4) is 0 Å². The van der Waals surface area contributed by atoms with E-state index in [1.54, 1.807) is 11.3 Å². The summed E-state index contributed by atoms with van der Waals surface area (Å²) in [6.07, 6.45) is 2.35. The van der Waals surface area contributed by atoms with E-state index >= 15 is 0 Å². The molecule has 3 heterocycles. The number of rotatable bonds is 2. The van der Waals surface area contributed by atoms with E-state index in [0.717, 1.165) is 22.0 Å². The van der Waals surface area contributed by atoms with Gasteiger partial charge in [-0.3, -0.25) is 4.79 Å². The molecule has 2 aromatic rings. The van der Waals surface area contributed by atoms with Crippen molar-refractivity contribution in [1.82, 2.24) is 14.9 Å². The second-order valence-electron chi connectivity index (χ2n) is 6.42. The van der Waals surface area contributed by atoms with E-state index in [9.17, 15) is 4.79 Å². The average molecular weight is 301 g/mol. The first kappa shape index (κ1) is 14.2. The fourth-order valence-corrected chi connectivity index (χ4v) is 3.06. The lowest BCUT2D eigenvalue weighted by Gasteiger charge is -2.16. The molecule has 1 amide bonds. The van der Waals surface area contributed by atoms with Crippen LogP contribution in [0.2, 0.25) is 0 Å². The van der Waals surface area contributed by atoms with Crippen LogP contribution in [0.3, 0.4) is 0 Å². The van der Waals surface area contributed by atoms with Crippen molar-refractivity contribution in [1.29, 1.82) is 0 Å². The van der Waals surface area contributed by atoms with Crippen LogP contribution in [0.1, 0.15) is 42.7 Å². The van der Waals surface area contributed by atoms with Crippen LogP contribution >= 0.6 is 11.3 Å². The molecule has 0 saturated heterocycles. The van der Waals surface area contributed by atoms with Crippen molar-refractivity contribution in [3.05, 3.63) is 45.7 Å². The highest BCUT2D eigenvalue weighted by Crippen LogP contribution is 2.25. The van der Waals surface area contributed by atoms with Crippen molar-refractivity contribution in [2.24, 2.45) is 0 Å². The van der Waals surface area contributed by atoms with Crippen LogP contribution in [-0.2, 0) is 29.7 Å². The van der Waals surface area contributed by atoms with Crippen LogP contribution in [0.15, 0.2) is 23.7 Å². The third-order valence-electron chi connectivity index (χ3n) is 3.59. The van der Waals surface area contributed by atoms with Gasteiger partial charge in [-0.1, -0.05) is 26.8 Å². The van der Waals surface area contributed by atoms with Gasteiger partial charge in [-0.15, -0.1) is 11.3 Å². The first-order chi connectivity index (χ1) is 9.93. The van der Waals surface area contributed by atoms with Gasteiger partial charge in [0.25, 0.3) is 0 Å². The second-order valence-corrected chi connectivity index (χ2v) is 7.45. The van der Waals surface area contributed by atoms with E-state index in [1.165, 1.54) is 0 Å². The summed E-state index contributed by atoms with van der Waals surface area (Å²) in [4.78, 5) is 24.4. The number of carbonyl (C=O) groups excluding carboxylic acids is 1. The standard InChI is InChI=1S/C16H19N3OS/c1-16(2,3)15-17-8-11-9-19(10-13(11)18-15)14(20)7-12-5-4-6-21-12/h4-6,8H,7,9-10H2,1-3H3. The van der Waals surface area contributed by atoms with Gasteiger partial charge in [-0.25, -0.2) is 9.97 Å². The third-order valence-corrected chi connectivity index (χ3v) is 4.46. The second kappa shape index (κ2) is 5.22. The molecule has 1 aliphatic heterocycles. The predicted molar refractivity (Wildman–Crippen MR) is 83.0 cm³/mol. The Balaban J connectivity index is 1.74. The molecule has 0 fully saturated rings. The Kier molecular flexibility index (Phi) is 3.53. The number of hydrogen-bond acceptors (Lipinski definition) is 4. The predicted octanol–water partition coefficient (Wildman–Crippen LogP) is 2.92. The van der Waals surface area contributed by atoms with E-state index in [1.807, 2.05) is 28.6 Å². The highest BCUT2D eigenvalue weighted by molar-refractivity contribution is 7.10. The molecule has 3 rings (SSSR count). The summed E-state index contributed by atoms with van der Waals surface area (Å²) in [6.45, 7) is 7.53. The maximum Gasteiger partial charge on any atom is 0.228 e. The van der Waals surface area contributed by atoms with Gasteiger partial charge >= 0.3 is 0 Å². The molecule has 0 saturated carbocycles. The summed E-state index contributed by atoms with van der Waals surface area (Å²) >= 11 is 1.62. The molecule has 0 atom stereocenters. The summed E-state index contributed by atoms with van der Waals surface area (Å²) in [6, 6.07) is 3.98. The highest BCUT2D eigenvalue weighted by atomic mass is 32.1. The summed E-state index contributed by atoms with van der Waals surface area (Å²) < 4.78 is 0. The molecule has 0 N–H and O–H groups in total. The van der Waals surface area contributed by atoms with Gasteiger partial charge in [0.2, 0.25) is 5.91 Å². The number of fused-ring (bicyclic) bond motifs is 1. The largest absolute Gasteiger partial charge is 0.332 e. The molecule has 0 aliphatic carbocycles. The van der Waals surface area contributed by atoms with E-state index in [0.29, 0.717) is 19.5 Å². The van der Waals surface area contributed by atoms with Gasteiger partial charge in [0.15, 0.2) is 0 Å². The molecular weight excluding hydrogens is 282 g/mol. The Hall–Kier alpha value is -1.75. The minimum absolute atomic E-state index is 0.0660. The van der Waals surface area contributed by atoms with Gasteiger partial charge in [0, 0.05) is 28.6 Å². The van der Waals surface area contributed by atoms with Gasteiger partial charge in [-0.05, 0) is 11.4 Å². The number of nitrogens with zero attached hydrogens (tertiary/aromatic N) is 3. The summed E-state index contributed by atoms with van der Waals surface area (Å²) in [5, 5.41) is 2.00. The molecule has 110 valence electrons. The zero-order valence-corrected chi connectivity index (χ0v) is 13.4. The number of hydrogen-bond donors (Lipinski definition) is 0. The Labute approximate surface area is 128 Å². The smallest absolute Gasteiger partial charge is 0.228 e. The zero-order chi connectivity index (χ0) is 15.0. The lowest BCUT2D eigenvalue weighted by atomic mass is 9.95. The Morgan fingerprint density at radius 2 is 2.19 bits per heavy atom. The van der Waals surface area contributed by atoms with Gasteiger partial charge in [0.1, 0.15) is 5.82 Å². The van der Waals surface area contributed by atoms with Crippen molar-refractivity contribution < 1.29 is 4.79 Å². The van der Waals surface area contributed by atoms with Crippen LogP contribution in [0.25, 0.3) is 0 Å². The molecule has 2 aromatic heterocycles. The lowest BCUT2D eigenvalue weighted by molar-refractivity contribution is -0.131. The minimum atomic E-state index is -0.0660. The molecule has 0 bridgehead atoms. The number of amides is 1. The molecule has 5 heteroatoms. The number of aromatic nitrogens is 2. The quantitative estimate of drug-likeness (QED) is 0.857. The van der Waals surface area contributed by atoms with E-state index in [2.05, 4.69) is 30.7 Å². The summed E-state index contributed by atoms with van der Waals surface area (Å²) in [7, 11) is 0. The molecule has 0 unspecified atom stereocenters. The van der Waals surface area contributed by atoms with Crippen LogP contribution in [0, 0.1) is 0 Å². The van der Waals surface area contributed by atoms with Gasteiger partial charge < -0.3 is 4.90 Å². The van der Waals surface area contributed by atoms with Crippen molar-refractivity contribution >= 4 is 17.2 Å². The SMILES string of the molecule is CC(C)(C)c1ncc2c(n1)CN(C(=O)Cc1cccs1)C2. The van der Waals surface area contributed by atoms with Gasteiger partial charge in [-0.2, -0.15) is 0 Å². The number of thiophene rings is 1. The van der Waals surface area contributed by atoms with Crippen LogP contribution in [-0.4, -0.2) is 20.8 Å². The molecular formula is C16H19N3OS. The van der Waals surface area contributed by atoms with Crippen LogP contribution < -0.4 is 0 Å². The molecule has 4 nitrogen and oxygen atoms in total. The fraction of sp³-hybridized carbons (Fsp3) is 0.438. The van der Waals surface area contributed by atoms with Crippen molar-refractivity contribution in [2.45, 2.75) is 45.7 Å². The van der Waals surface area contributed by atoms with E-state index in [-0.39, 0.29) is 11.3 Å².